The molecule has 21 heavy (non-hydrogen) atoms. The standard InChI is InChI=1S/C6H10O4.C4H10O2.C3H8O2/c7-5(8)3-1-2-4-6(9)10;5-3-1-2-4-6;1-3(5)2-4/h1-4H2,(H,7,8)(H,9,10);5-6H,1-4H2;3-5H,2H2,1H3. The van der Waals surface area contributed by atoms with Gasteiger partial charge in [-0.15, -0.1) is 0 Å². The van der Waals surface area contributed by atoms with E-state index in [9.17, 15) is 9.59 Å². The first-order valence-corrected chi connectivity index (χ1v) is 6.76. The van der Waals surface area contributed by atoms with Gasteiger partial charge in [0.15, 0.2) is 0 Å². The van der Waals surface area contributed by atoms with Gasteiger partial charge in [0.05, 0.1) is 12.7 Å². The van der Waals surface area contributed by atoms with Crippen molar-refractivity contribution < 1.29 is 40.2 Å². The van der Waals surface area contributed by atoms with E-state index in [1.165, 1.54) is 6.92 Å². The molecule has 8 nitrogen and oxygen atoms in total. The van der Waals surface area contributed by atoms with Crippen LogP contribution in [0.5, 0.6) is 0 Å². The molecule has 0 rings (SSSR count). The Morgan fingerprint density at radius 1 is 0.810 bits per heavy atom. The van der Waals surface area contributed by atoms with Crippen LogP contribution in [0.1, 0.15) is 45.4 Å². The van der Waals surface area contributed by atoms with Gasteiger partial charge in [0, 0.05) is 26.1 Å². The number of rotatable bonds is 9. The van der Waals surface area contributed by atoms with Crippen molar-refractivity contribution in [3.8, 4) is 0 Å². The zero-order valence-electron chi connectivity index (χ0n) is 12.4. The lowest BCUT2D eigenvalue weighted by Crippen LogP contribution is -2.03. The van der Waals surface area contributed by atoms with Crippen LogP contribution in [0, 0.1) is 0 Å². The molecule has 0 radical (unpaired) electrons. The van der Waals surface area contributed by atoms with Crippen molar-refractivity contribution in [2.24, 2.45) is 0 Å². The third-order valence-electron chi connectivity index (χ3n) is 1.86. The molecule has 1 unspecified atom stereocenters. The number of carboxylic acid groups (broad SMARTS) is 2. The largest absolute Gasteiger partial charge is 0.481 e. The Labute approximate surface area is 124 Å². The van der Waals surface area contributed by atoms with E-state index in [-0.39, 0.29) is 32.7 Å². The summed E-state index contributed by atoms with van der Waals surface area (Å²) in [5.41, 5.74) is 0. The van der Waals surface area contributed by atoms with E-state index in [4.69, 9.17) is 30.6 Å². The van der Waals surface area contributed by atoms with Gasteiger partial charge < -0.3 is 30.6 Å². The highest BCUT2D eigenvalue weighted by Crippen LogP contribution is 1.98. The molecule has 0 aromatic heterocycles. The highest BCUT2D eigenvalue weighted by Gasteiger charge is 1.99. The maximum absolute atomic E-state index is 9.90. The normalized spacial score (nSPS) is 10.5. The second kappa shape index (κ2) is 21.1. The predicted octanol–water partition coefficient (Wildman–Crippen LogP) is -0.173. The summed E-state index contributed by atoms with van der Waals surface area (Å²) in [6.07, 6.45) is 1.89. The molecular formula is C13H28O8. The van der Waals surface area contributed by atoms with Gasteiger partial charge in [-0.05, 0) is 32.6 Å². The maximum Gasteiger partial charge on any atom is 0.303 e. The Morgan fingerprint density at radius 3 is 1.24 bits per heavy atom. The van der Waals surface area contributed by atoms with Crippen molar-refractivity contribution in [2.75, 3.05) is 19.8 Å². The number of aliphatic hydroxyl groups excluding tert-OH is 4. The van der Waals surface area contributed by atoms with Crippen LogP contribution in [-0.4, -0.2) is 68.5 Å². The van der Waals surface area contributed by atoms with Gasteiger partial charge in [0.2, 0.25) is 0 Å². The second-order valence-electron chi connectivity index (χ2n) is 4.18. The van der Waals surface area contributed by atoms with Crippen LogP contribution in [0.4, 0.5) is 0 Å². The summed E-state index contributed by atoms with van der Waals surface area (Å²) in [7, 11) is 0. The first-order valence-electron chi connectivity index (χ1n) is 6.76. The van der Waals surface area contributed by atoms with Gasteiger partial charge in [-0.25, -0.2) is 0 Å². The number of unbranched alkanes of at least 4 members (excludes halogenated alkanes) is 2. The van der Waals surface area contributed by atoms with Gasteiger partial charge in [-0.1, -0.05) is 0 Å². The first kappa shape index (κ1) is 24.8. The smallest absolute Gasteiger partial charge is 0.303 e. The van der Waals surface area contributed by atoms with Gasteiger partial charge in [0.25, 0.3) is 0 Å². The Morgan fingerprint density at radius 2 is 1.10 bits per heavy atom. The molecule has 0 saturated heterocycles. The third kappa shape index (κ3) is 45.5. The van der Waals surface area contributed by atoms with Crippen LogP contribution in [-0.2, 0) is 9.59 Å². The van der Waals surface area contributed by atoms with Crippen LogP contribution < -0.4 is 0 Å². The molecule has 8 heteroatoms. The lowest BCUT2D eigenvalue weighted by atomic mass is 10.2. The van der Waals surface area contributed by atoms with E-state index >= 15 is 0 Å². The highest BCUT2D eigenvalue weighted by atomic mass is 16.4. The summed E-state index contributed by atoms with van der Waals surface area (Å²) >= 11 is 0. The minimum Gasteiger partial charge on any atom is -0.481 e. The number of hydrogen-bond acceptors (Lipinski definition) is 6. The Kier molecular flexibility index (Phi) is 24.9. The topological polar surface area (TPSA) is 156 Å². The molecule has 0 aliphatic heterocycles. The molecule has 0 spiro atoms. The second-order valence-corrected chi connectivity index (χ2v) is 4.18. The van der Waals surface area contributed by atoms with Crippen molar-refractivity contribution in [3.63, 3.8) is 0 Å². The quantitative estimate of drug-likeness (QED) is 0.320. The monoisotopic (exact) mass is 312 g/mol. The summed E-state index contributed by atoms with van der Waals surface area (Å²) in [6, 6.07) is 0. The summed E-state index contributed by atoms with van der Waals surface area (Å²) in [4.78, 5) is 19.8. The summed E-state index contributed by atoms with van der Waals surface area (Å²) in [6.45, 7) is 1.78. The van der Waals surface area contributed by atoms with E-state index in [0.29, 0.717) is 12.8 Å². The molecule has 128 valence electrons. The number of aliphatic hydroxyl groups is 4. The molecule has 0 aromatic carbocycles. The van der Waals surface area contributed by atoms with Crippen molar-refractivity contribution in [1.29, 1.82) is 0 Å². The lowest BCUT2D eigenvalue weighted by Gasteiger charge is -1.92. The van der Waals surface area contributed by atoms with Crippen LogP contribution >= 0.6 is 0 Å². The molecule has 0 bridgehead atoms. The zero-order chi connectivity index (χ0) is 17.1. The zero-order valence-corrected chi connectivity index (χ0v) is 12.4. The summed E-state index contributed by atoms with van der Waals surface area (Å²) < 4.78 is 0. The summed E-state index contributed by atoms with van der Waals surface area (Å²) in [5, 5.41) is 48.4. The van der Waals surface area contributed by atoms with Crippen molar-refractivity contribution >= 4 is 11.9 Å². The molecule has 0 saturated carbocycles. The average molecular weight is 312 g/mol. The van der Waals surface area contributed by atoms with Gasteiger partial charge >= 0.3 is 11.9 Å². The fourth-order valence-corrected chi connectivity index (χ4v) is 0.776. The Hall–Kier alpha value is -1.22. The fraction of sp³-hybridized carbons (Fsp3) is 0.846. The SMILES string of the molecule is CC(O)CO.O=C(O)CCCCC(=O)O.OCCCCO. The number of hydrogen-bond donors (Lipinski definition) is 6. The van der Waals surface area contributed by atoms with Crippen LogP contribution in [0.2, 0.25) is 0 Å². The maximum atomic E-state index is 9.90. The van der Waals surface area contributed by atoms with E-state index < -0.39 is 18.0 Å². The van der Waals surface area contributed by atoms with E-state index in [0.717, 1.165) is 12.8 Å². The van der Waals surface area contributed by atoms with Gasteiger partial charge in [-0.3, -0.25) is 9.59 Å². The molecule has 0 fully saturated rings. The van der Waals surface area contributed by atoms with Crippen LogP contribution in [0.25, 0.3) is 0 Å². The average Bonchev–Trinajstić information content (AvgIpc) is 2.42. The number of carboxylic acids is 2. The minimum atomic E-state index is -0.870. The molecule has 0 aliphatic rings. The number of carbonyl (C=O) groups is 2. The van der Waals surface area contributed by atoms with Crippen LogP contribution in [0.3, 0.4) is 0 Å². The summed E-state index contributed by atoms with van der Waals surface area (Å²) in [5.74, 6) is -1.74. The molecule has 0 amide bonds. The fourth-order valence-electron chi connectivity index (χ4n) is 0.776. The Bertz CT molecular complexity index is 210. The van der Waals surface area contributed by atoms with E-state index in [1.807, 2.05) is 0 Å². The molecular weight excluding hydrogens is 284 g/mol. The highest BCUT2D eigenvalue weighted by molar-refractivity contribution is 5.67. The molecule has 6 N–H and O–H groups in total. The van der Waals surface area contributed by atoms with E-state index in [2.05, 4.69) is 0 Å². The lowest BCUT2D eigenvalue weighted by molar-refractivity contribution is -0.139. The van der Waals surface area contributed by atoms with E-state index in [1.54, 1.807) is 0 Å². The van der Waals surface area contributed by atoms with Crippen molar-refractivity contribution in [2.45, 2.75) is 51.6 Å². The third-order valence-corrected chi connectivity index (χ3v) is 1.86. The number of aliphatic carboxylic acids is 2. The van der Waals surface area contributed by atoms with Crippen LogP contribution in [0.15, 0.2) is 0 Å². The minimum absolute atomic E-state index is 0.0628. The molecule has 1 atom stereocenters. The molecule has 0 aromatic rings. The van der Waals surface area contributed by atoms with Crippen molar-refractivity contribution in [3.05, 3.63) is 0 Å². The molecule has 0 aliphatic carbocycles. The first-order chi connectivity index (χ1) is 9.81. The van der Waals surface area contributed by atoms with Crippen molar-refractivity contribution in [1.82, 2.24) is 0 Å². The Balaban J connectivity index is -0.000000252. The van der Waals surface area contributed by atoms with Gasteiger partial charge in [-0.2, -0.15) is 0 Å². The van der Waals surface area contributed by atoms with Gasteiger partial charge in [0.1, 0.15) is 0 Å². The predicted molar refractivity (Wildman–Crippen MR) is 75.9 cm³/mol. The molecule has 0 heterocycles.